The summed E-state index contributed by atoms with van der Waals surface area (Å²) in [6, 6.07) is 0. The Morgan fingerprint density at radius 2 is 1.23 bits per heavy atom. The monoisotopic (exact) mass is 178 g/mol. The lowest BCUT2D eigenvalue weighted by Gasteiger charge is -2.12. The van der Waals surface area contributed by atoms with Gasteiger partial charge in [-0.25, -0.2) is 0 Å². The van der Waals surface area contributed by atoms with Crippen LogP contribution in [-0.4, -0.2) is 0 Å². The fourth-order valence-electron chi connectivity index (χ4n) is 2.11. The van der Waals surface area contributed by atoms with Crippen molar-refractivity contribution < 1.29 is 0 Å². The highest BCUT2D eigenvalue weighted by atomic mass is 14.2. The Kier molecular flexibility index (Phi) is 4.88. The maximum Gasteiger partial charge on any atom is -0.0279 e. The summed E-state index contributed by atoms with van der Waals surface area (Å²) in [5.41, 5.74) is 3.35. The van der Waals surface area contributed by atoms with Gasteiger partial charge in [0, 0.05) is 0 Å². The van der Waals surface area contributed by atoms with E-state index in [4.69, 9.17) is 0 Å². The van der Waals surface area contributed by atoms with Crippen LogP contribution in [0, 0.1) is 0 Å². The van der Waals surface area contributed by atoms with Crippen molar-refractivity contribution in [2.75, 3.05) is 0 Å². The van der Waals surface area contributed by atoms with Gasteiger partial charge in [-0.1, -0.05) is 32.4 Å². The zero-order chi connectivity index (χ0) is 9.52. The highest BCUT2D eigenvalue weighted by Crippen LogP contribution is 2.30. The van der Waals surface area contributed by atoms with Gasteiger partial charge in [-0.2, -0.15) is 0 Å². The molecule has 0 nitrogen and oxygen atoms in total. The highest BCUT2D eigenvalue weighted by Gasteiger charge is 2.11. The number of allylic oxidation sites excluding steroid dienone is 4. The fraction of sp³-hybridized carbons (Fsp3) is 0.692. The number of hydrogen-bond acceptors (Lipinski definition) is 0. The van der Waals surface area contributed by atoms with E-state index in [0.717, 1.165) is 0 Å². The van der Waals surface area contributed by atoms with E-state index < -0.39 is 0 Å². The highest BCUT2D eigenvalue weighted by molar-refractivity contribution is 5.34. The van der Waals surface area contributed by atoms with Crippen LogP contribution in [0.3, 0.4) is 0 Å². The first-order valence-corrected chi connectivity index (χ1v) is 5.85. The average molecular weight is 178 g/mol. The van der Waals surface area contributed by atoms with Crippen molar-refractivity contribution in [3.8, 4) is 0 Å². The molecule has 74 valence electrons. The third-order valence-corrected chi connectivity index (χ3v) is 2.75. The van der Waals surface area contributed by atoms with E-state index in [1.807, 2.05) is 13.8 Å². The normalized spacial score (nSPS) is 21.4. The van der Waals surface area contributed by atoms with E-state index >= 15 is 0 Å². The van der Waals surface area contributed by atoms with Crippen LogP contribution >= 0.6 is 0 Å². The van der Waals surface area contributed by atoms with Gasteiger partial charge in [0.1, 0.15) is 0 Å². The summed E-state index contributed by atoms with van der Waals surface area (Å²) in [6.45, 7) is 4.00. The van der Waals surface area contributed by atoms with Crippen molar-refractivity contribution in [1.29, 1.82) is 0 Å². The molecule has 0 saturated heterocycles. The molecule has 0 aromatic rings. The molecular weight excluding hydrogens is 156 g/mol. The summed E-state index contributed by atoms with van der Waals surface area (Å²) < 4.78 is 0. The Hall–Kier alpha value is -0.520. The number of rotatable bonds is 0. The van der Waals surface area contributed by atoms with E-state index in [-0.39, 0.29) is 0 Å². The van der Waals surface area contributed by atoms with Crippen LogP contribution < -0.4 is 0 Å². The van der Waals surface area contributed by atoms with Crippen molar-refractivity contribution in [3.05, 3.63) is 23.3 Å². The van der Waals surface area contributed by atoms with Gasteiger partial charge in [0.25, 0.3) is 0 Å². The van der Waals surface area contributed by atoms with Crippen LogP contribution in [0.2, 0.25) is 0 Å². The molecule has 0 heterocycles. The molecule has 0 radical (unpaired) electrons. The number of hydrogen-bond donors (Lipinski definition) is 0. The molecule has 0 heteroatoms. The van der Waals surface area contributed by atoms with Gasteiger partial charge >= 0.3 is 0 Å². The van der Waals surface area contributed by atoms with Gasteiger partial charge in [0.05, 0.1) is 0 Å². The largest absolute Gasteiger partial charge is 0.0807 e. The maximum atomic E-state index is 2.46. The summed E-state index contributed by atoms with van der Waals surface area (Å²) in [5.74, 6) is 0. The fourth-order valence-corrected chi connectivity index (χ4v) is 2.11. The first-order chi connectivity index (χ1) is 6.47. The molecule has 13 heavy (non-hydrogen) atoms. The molecule has 0 N–H and O–H groups in total. The van der Waals surface area contributed by atoms with Crippen molar-refractivity contribution in [3.63, 3.8) is 0 Å². The van der Waals surface area contributed by atoms with Gasteiger partial charge in [-0.15, -0.1) is 0 Å². The van der Waals surface area contributed by atoms with Gasteiger partial charge in [-0.3, -0.25) is 0 Å². The predicted octanol–water partition coefficient (Wildman–Crippen LogP) is 4.62. The van der Waals surface area contributed by atoms with Crippen LogP contribution in [0.1, 0.15) is 58.8 Å². The minimum Gasteiger partial charge on any atom is -0.0807 e. The van der Waals surface area contributed by atoms with Gasteiger partial charge in [0.15, 0.2) is 0 Å². The smallest absolute Gasteiger partial charge is 0.0279 e. The molecule has 2 aliphatic carbocycles. The zero-order valence-electron chi connectivity index (χ0n) is 9.10. The molecule has 1 fully saturated rings. The second-order valence-electron chi connectivity index (χ2n) is 3.60. The molecule has 0 bridgehead atoms. The molecule has 0 spiro atoms. The molecule has 1 saturated carbocycles. The van der Waals surface area contributed by atoms with Gasteiger partial charge < -0.3 is 0 Å². The second kappa shape index (κ2) is 6.01. The molecule has 0 aliphatic heterocycles. The predicted molar refractivity (Wildman–Crippen MR) is 59.8 cm³/mol. The van der Waals surface area contributed by atoms with Crippen molar-refractivity contribution >= 4 is 0 Å². The first kappa shape index (κ1) is 10.6. The first-order valence-electron chi connectivity index (χ1n) is 5.85. The Morgan fingerprint density at radius 1 is 0.769 bits per heavy atom. The summed E-state index contributed by atoms with van der Waals surface area (Å²) in [4.78, 5) is 0. The average Bonchev–Trinajstić information content (AvgIpc) is 2.45. The summed E-state index contributed by atoms with van der Waals surface area (Å²) in [7, 11) is 0. The van der Waals surface area contributed by atoms with Gasteiger partial charge in [-0.05, 0) is 49.7 Å². The maximum absolute atomic E-state index is 2.46. The lowest BCUT2D eigenvalue weighted by atomic mass is 9.94. The molecule has 0 atom stereocenters. The van der Waals surface area contributed by atoms with Crippen LogP contribution in [0.25, 0.3) is 0 Å². The van der Waals surface area contributed by atoms with E-state index in [9.17, 15) is 0 Å². The Bertz CT molecular complexity index is 174. The summed E-state index contributed by atoms with van der Waals surface area (Å²) in [6.07, 6.45) is 14.5. The zero-order valence-corrected chi connectivity index (χ0v) is 9.10. The van der Waals surface area contributed by atoms with Crippen molar-refractivity contribution in [2.45, 2.75) is 58.8 Å². The Balaban J connectivity index is 0.000000396. The van der Waals surface area contributed by atoms with Crippen molar-refractivity contribution in [2.24, 2.45) is 0 Å². The Labute approximate surface area is 82.7 Å². The van der Waals surface area contributed by atoms with Gasteiger partial charge in [0.2, 0.25) is 0 Å². The van der Waals surface area contributed by atoms with E-state index in [0.29, 0.717) is 0 Å². The molecule has 2 aliphatic rings. The van der Waals surface area contributed by atoms with E-state index in [1.54, 1.807) is 11.1 Å². The summed E-state index contributed by atoms with van der Waals surface area (Å²) in [5, 5.41) is 0. The van der Waals surface area contributed by atoms with Crippen LogP contribution in [0.15, 0.2) is 23.3 Å². The summed E-state index contributed by atoms with van der Waals surface area (Å²) >= 11 is 0. The van der Waals surface area contributed by atoms with Crippen LogP contribution in [-0.2, 0) is 0 Å². The topological polar surface area (TPSA) is 0 Å². The molecule has 0 unspecified atom stereocenters. The van der Waals surface area contributed by atoms with E-state index in [1.165, 1.54) is 44.9 Å². The molecular formula is C13H22. The molecule has 0 aromatic heterocycles. The third kappa shape index (κ3) is 3.02. The molecule has 0 aromatic carbocycles. The molecule has 2 rings (SSSR count). The lowest BCUT2D eigenvalue weighted by Crippen LogP contribution is -1.92. The van der Waals surface area contributed by atoms with Crippen molar-refractivity contribution in [1.82, 2.24) is 0 Å². The third-order valence-electron chi connectivity index (χ3n) is 2.75. The second-order valence-corrected chi connectivity index (χ2v) is 3.60. The number of fused-ring (bicyclic) bond motifs is 1. The molecule has 0 amide bonds. The van der Waals surface area contributed by atoms with E-state index in [2.05, 4.69) is 12.2 Å². The van der Waals surface area contributed by atoms with Crippen LogP contribution in [0.4, 0.5) is 0 Å². The Morgan fingerprint density at radius 3 is 1.69 bits per heavy atom. The lowest BCUT2D eigenvalue weighted by molar-refractivity contribution is 0.719. The van der Waals surface area contributed by atoms with Crippen LogP contribution in [0.5, 0.6) is 0 Å². The quantitative estimate of drug-likeness (QED) is 0.507. The SMILES string of the molecule is C1=C2CCCCCC2=CCC1.CC. The standard InChI is InChI=1S/C11H16.C2H6/c1-2-6-10-8-4-5-9-11(10)7-3-1;1-2/h8-9H,1-7H2;1-2H3. The minimum atomic E-state index is 1.29. The minimum absolute atomic E-state index is 1.29.